The summed E-state index contributed by atoms with van der Waals surface area (Å²) in [5.41, 5.74) is 3.70. The topological polar surface area (TPSA) is 89.3 Å². The number of hydrogen-bond acceptors (Lipinski definition) is 6. The quantitative estimate of drug-likeness (QED) is 0.475. The minimum Gasteiger partial charge on any atom is -0.482 e. The van der Waals surface area contributed by atoms with Crippen molar-refractivity contribution in [2.24, 2.45) is 7.05 Å². The molecule has 0 radical (unpaired) electrons. The van der Waals surface area contributed by atoms with Crippen LogP contribution in [0, 0.1) is 13.8 Å². The molecule has 8 nitrogen and oxygen atoms in total. The summed E-state index contributed by atoms with van der Waals surface area (Å²) in [6.45, 7) is 5.92. The van der Waals surface area contributed by atoms with Crippen LogP contribution in [0.2, 0.25) is 0 Å². The number of hydrogen-bond donors (Lipinski definition) is 1. The van der Waals surface area contributed by atoms with E-state index in [-0.39, 0.29) is 30.2 Å². The van der Waals surface area contributed by atoms with Crippen LogP contribution in [-0.2, 0) is 16.6 Å². The van der Waals surface area contributed by atoms with Gasteiger partial charge in [-0.2, -0.15) is 0 Å². The minimum absolute atomic E-state index is 0.0188. The summed E-state index contributed by atoms with van der Waals surface area (Å²) in [5.74, 6) is 1.18. The first-order chi connectivity index (χ1) is 15.8. The van der Waals surface area contributed by atoms with Crippen molar-refractivity contribution >= 4 is 50.9 Å². The number of para-hydroxylation sites is 2. The number of fused-ring (bicyclic) bond motifs is 1. The number of carbonyl (C=O) groups is 2. The number of rotatable bonds is 6. The van der Waals surface area contributed by atoms with Crippen LogP contribution in [0.4, 0.5) is 11.4 Å². The second-order valence-corrected chi connectivity index (χ2v) is 9.65. The fourth-order valence-corrected chi connectivity index (χ4v) is 4.95. The van der Waals surface area contributed by atoms with E-state index in [1.807, 2.05) is 68.8 Å². The van der Waals surface area contributed by atoms with E-state index in [2.05, 4.69) is 31.4 Å². The summed E-state index contributed by atoms with van der Waals surface area (Å²) in [6.07, 6.45) is 0. The van der Waals surface area contributed by atoms with Gasteiger partial charge < -0.3 is 14.6 Å². The Morgan fingerprint density at radius 1 is 1.24 bits per heavy atom. The van der Waals surface area contributed by atoms with Gasteiger partial charge in [0.1, 0.15) is 5.75 Å². The standard InChI is InChI=1S/C23H24BrN5O3S/c1-13-9-16(24)17(10-14(13)2)25-20(30)12-33-23-27-26-22(28(23)4)15(3)29-18-7-5-6-8-19(18)32-11-21(29)31/h5-10,15H,11-12H2,1-4H3,(H,25,30)/t15-/m0/s1. The van der Waals surface area contributed by atoms with Gasteiger partial charge >= 0.3 is 0 Å². The predicted molar refractivity (Wildman–Crippen MR) is 132 cm³/mol. The zero-order valence-electron chi connectivity index (χ0n) is 18.8. The number of thioether (sulfide) groups is 1. The summed E-state index contributed by atoms with van der Waals surface area (Å²) in [7, 11) is 1.84. The zero-order chi connectivity index (χ0) is 23.7. The van der Waals surface area contributed by atoms with Crippen LogP contribution in [0.15, 0.2) is 46.0 Å². The van der Waals surface area contributed by atoms with Crippen LogP contribution in [0.25, 0.3) is 0 Å². The van der Waals surface area contributed by atoms with Gasteiger partial charge in [0, 0.05) is 11.5 Å². The number of aromatic nitrogens is 3. The highest BCUT2D eigenvalue weighted by molar-refractivity contribution is 9.10. The first kappa shape index (κ1) is 23.3. The SMILES string of the molecule is Cc1cc(Br)c(NC(=O)CSc2nnc([C@H](C)N3C(=O)COc4ccccc43)n2C)cc1C. The second kappa shape index (κ2) is 9.56. The monoisotopic (exact) mass is 529 g/mol. The van der Waals surface area contributed by atoms with E-state index in [0.717, 1.165) is 21.3 Å². The molecule has 0 spiro atoms. The highest BCUT2D eigenvalue weighted by Gasteiger charge is 2.32. The maximum Gasteiger partial charge on any atom is 0.265 e. The number of nitrogens with zero attached hydrogens (tertiary/aromatic N) is 4. The van der Waals surface area contributed by atoms with Gasteiger partial charge in [-0.05, 0) is 72.1 Å². The largest absolute Gasteiger partial charge is 0.482 e. The van der Waals surface area contributed by atoms with Gasteiger partial charge in [-0.3, -0.25) is 14.5 Å². The lowest BCUT2D eigenvalue weighted by molar-refractivity contribution is -0.121. The van der Waals surface area contributed by atoms with Crippen LogP contribution in [0.3, 0.4) is 0 Å². The van der Waals surface area contributed by atoms with Crippen molar-refractivity contribution < 1.29 is 14.3 Å². The van der Waals surface area contributed by atoms with Gasteiger partial charge in [0.15, 0.2) is 17.6 Å². The van der Waals surface area contributed by atoms with Crippen molar-refractivity contribution in [3.05, 3.63) is 57.8 Å². The van der Waals surface area contributed by atoms with E-state index in [4.69, 9.17) is 4.74 Å². The second-order valence-electron chi connectivity index (χ2n) is 7.85. The molecule has 1 atom stereocenters. The minimum atomic E-state index is -0.352. The average Bonchev–Trinajstić information content (AvgIpc) is 3.16. The number of aryl methyl sites for hydroxylation is 2. The van der Waals surface area contributed by atoms with Gasteiger partial charge in [-0.1, -0.05) is 23.9 Å². The number of carbonyl (C=O) groups excluding carboxylic acids is 2. The molecule has 0 saturated carbocycles. The Hall–Kier alpha value is -2.85. The van der Waals surface area contributed by atoms with E-state index >= 15 is 0 Å². The van der Waals surface area contributed by atoms with Crippen LogP contribution in [0.5, 0.6) is 5.75 Å². The molecular weight excluding hydrogens is 506 g/mol. The Kier molecular flexibility index (Phi) is 6.76. The Morgan fingerprint density at radius 2 is 1.97 bits per heavy atom. The fraction of sp³-hybridized carbons (Fsp3) is 0.304. The van der Waals surface area contributed by atoms with Crippen molar-refractivity contribution in [3.8, 4) is 5.75 Å². The number of nitrogens with one attached hydrogen (secondary N) is 1. The highest BCUT2D eigenvalue weighted by Crippen LogP contribution is 2.37. The van der Waals surface area contributed by atoms with Gasteiger partial charge in [0.25, 0.3) is 5.91 Å². The summed E-state index contributed by atoms with van der Waals surface area (Å²) in [5, 5.41) is 12.1. The molecule has 1 N–H and O–H groups in total. The first-order valence-corrected chi connectivity index (χ1v) is 12.2. The fourth-order valence-electron chi connectivity index (χ4n) is 3.67. The third-order valence-electron chi connectivity index (χ3n) is 5.56. The summed E-state index contributed by atoms with van der Waals surface area (Å²) in [4.78, 5) is 26.9. The molecule has 4 rings (SSSR count). The van der Waals surface area contributed by atoms with E-state index < -0.39 is 0 Å². The normalized spacial score (nSPS) is 14.0. The number of ether oxygens (including phenoxy) is 1. The Labute approximate surface area is 204 Å². The zero-order valence-corrected chi connectivity index (χ0v) is 21.2. The average molecular weight is 530 g/mol. The molecule has 0 fully saturated rings. The lowest BCUT2D eigenvalue weighted by Gasteiger charge is -2.33. The van der Waals surface area contributed by atoms with Crippen molar-refractivity contribution in [2.45, 2.75) is 32.0 Å². The van der Waals surface area contributed by atoms with Gasteiger partial charge in [0.05, 0.1) is 23.2 Å². The molecule has 2 amide bonds. The van der Waals surface area contributed by atoms with Crippen LogP contribution >= 0.6 is 27.7 Å². The first-order valence-electron chi connectivity index (χ1n) is 10.4. The van der Waals surface area contributed by atoms with Gasteiger partial charge in [0.2, 0.25) is 5.91 Å². The molecule has 0 bridgehead atoms. The Morgan fingerprint density at radius 3 is 2.76 bits per heavy atom. The molecule has 2 aromatic carbocycles. The lowest BCUT2D eigenvalue weighted by atomic mass is 10.1. The van der Waals surface area contributed by atoms with Crippen LogP contribution in [-0.4, -0.2) is 38.9 Å². The molecule has 172 valence electrons. The highest BCUT2D eigenvalue weighted by atomic mass is 79.9. The predicted octanol–water partition coefficient (Wildman–Crippen LogP) is 4.41. The summed E-state index contributed by atoms with van der Waals surface area (Å²) < 4.78 is 8.20. The molecule has 0 unspecified atom stereocenters. The van der Waals surface area contributed by atoms with Crippen molar-refractivity contribution in [2.75, 3.05) is 22.6 Å². The molecular formula is C23H24BrN5O3S. The smallest absolute Gasteiger partial charge is 0.265 e. The molecule has 1 aliphatic rings. The lowest BCUT2D eigenvalue weighted by Crippen LogP contribution is -2.41. The molecule has 33 heavy (non-hydrogen) atoms. The summed E-state index contributed by atoms with van der Waals surface area (Å²) >= 11 is 4.79. The van der Waals surface area contributed by atoms with E-state index in [1.165, 1.54) is 11.8 Å². The van der Waals surface area contributed by atoms with Crippen molar-refractivity contribution in [1.82, 2.24) is 14.8 Å². The summed E-state index contributed by atoms with van der Waals surface area (Å²) in [6, 6.07) is 11.0. The molecule has 0 saturated heterocycles. The van der Waals surface area contributed by atoms with Crippen LogP contribution in [0.1, 0.15) is 29.9 Å². The molecule has 0 aliphatic carbocycles. The molecule has 10 heteroatoms. The Balaban J connectivity index is 1.46. The van der Waals surface area contributed by atoms with E-state index in [1.54, 1.807) is 4.90 Å². The third-order valence-corrected chi connectivity index (χ3v) is 7.24. The van der Waals surface area contributed by atoms with Crippen molar-refractivity contribution in [3.63, 3.8) is 0 Å². The molecule has 1 aromatic heterocycles. The van der Waals surface area contributed by atoms with E-state index in [9.17, 15) is 9.59 Å². The van der Waals surface area contributed by atoms with Crippen LogP contribution < -0.4 is 15.0 Å². The number of amides is 2. The van der Waals surface area contributed by atoms with E-state index in [0.29, 0.717) is 22.4 Å². The maximum atomic E-state index is 12.6. The molecule has 2 heterocycles. The van der Waals surface area contributed by atoms with Crippen molar-refractivity contribution in [1.29, 1.82) is 0 Å². The third kappa shape index (κ3) is 4.77. The number of benzene rings is 2. The number of anilines is 2. The van der Waals surface area contributed by atoms with Gasteiger partial charge in [-0.25, -0.2) is 0 Å². The Bertz CT molecular complexity index is 1230. The van der Waals surface area contributed by atoms with Gasteiger partial charge in [-0.15, -0.1) is 10.2 Å². The molecule has 3 aromatic rings. The maximum absolute atomic E-state index is 12.6. The molecule has 1 aliphatic heterocycles. The number of halogens is 1.